The normalized spacial score (nSPS) is 25.3. The molecule has 2 aliphatic carbocycles. The van der Waals surface area contributed by atoms with Crippen LogP contribution in [-0.2, 0) is 20.9 Å². The van der Waals surface area contributed by atoms with Crippen LogP contribution in [0, 0.1) is 27.9 Å². The van der Waals surface area contributed by atoms with E-state index in [0.29, 0.717) is 29.9 Å². The van der Waals surface area contributed by atoms with Crippen molar-refractivity contribution >= 4 is 29.1 Å². The molecular formula is C38H48ClN3O10. The number of ether oxygens (including phenoxy) is 3. The first-order valence-electron chi connectivity index (χ1n) is 17.8. The molecule has 1 fully saturated rings. The van der Waals surface area contributed by atoms with Crippen LogP contribution in [0.4, 0.5) is 10.5 Å². The molecule has 1 aliphatic heterocycles. The van der Waals surface area contributed by atoms with E-state index in [2.05, 4.69) is 17.8 Å². The summed E-state index contributed by atoms with van der Waals surface area (Å²) < 4.78 is 19.2. The van der Waals surface area contributed by atoms with Crippen molar-refractivity contribution in [3.63, 3.8) is 0 Å². The Morgan fingerprint density at radius 2 is 1.88 bits per heavy atom. The number of nitro groups is 1. The van der Waals surface area contributed by atoms with Crippen LogP contribution >= 0.6 is 11.6 Å². The van der Waals surface area contributed by atoms with E-state index >= 15 is 0 Å². The van der Waals surface area contributed by atoms with Gasteiger partial charge >= 0.3 is 6.09 Å². The Hall–Kier alpha value is -4.17. The number of unbranched alkanes of at least 4 members (excludes halogenated alkanes) is 2. The van der Waals surface area contributed by atoms with Gasteiger partial charge in [-0.15, -0.1) is 18.2 Å². The van der Waals surface area contributed by atoms with E-state index in [9.17, 15) is 30.2 Å². The first-order valence-corrected chi connectivity index (χ1v) is 18.3. The van der Waals surface area contributed by atoms with E-state index in [1.54, 1.807) is 43.5 Å². The number of oxime groups is 1. The number of alkyl halides is 1. The fourth-order valence-corrected chi connectivity index (χ4v) is 8.07. The van der Waals surface area contributed by atoms with E-state index < -0.39 is 28.8 Å². The Balaban J connectivity index is 1.68. The number of phenols is 1. The highest BCUT2D eigenvalue weighted by atomic mass is 35.5. The summed E-state index contributed by atoms with van der Waals surface area (Å²) in [5.41, 5.74) is 2.85. The Kier molecular flexibility index (Phi) is 13.6. The van der Waals surface area contributed by atoms with E-state index in [1.165, 1.54) is 17.0 Å². The maximum Gasteiger partial charge on any atom is 0.410 e. The number of aliphatic hydroxyl groups excluding tert-OH is 2. The number of hydrogen-bond acceptors (Lipinski definition) is 11. The van der Waals surface area contributed by atoms with Gasteiger partial charge in [0.1, 0.15) is 30.8 Å². The maximum atomic E-state index is 13.6. The summed E-state index contributed by atoms with van der Waals surface area (Å²) >= 11 is 5.88. The number of nitro benzene ring substituents is 1. The topological polar surface area (TPSA) is 173 Å². The van der Waals surface area contributed by atoms with Crippen molar-refractivity contribution in [1.29, 1.82) is 0 Å². The van der Waals surface area contributed by atoms with Crippen molar-refractivity contribution in [1.82, 2.24) is 4.90 Å². The molecule has 0 saturated heterocycles. The van der Waals surface area contributed by atoms with Crippen LogP contribution in [0.25, 0.3) is 0 Å². The van der Waals surface area contributed by atoms with Crippen molar-refractivity contribution in [2.75, 3.05) is 39.4 Å². The van der Waals surface area contributed by atoms with Crippen molar-refractivity contribution in [3.8, 4) is 11.5 Å². The molecule has 6 atom stereocenters. The summed E-state index contributed by atoms with van der Waals surface area (Å²) in [5.74, 6) is -1.53. The lowest BCUT2D eigenvalue weighted by molar-refractivity contribution is -0.384. The van der Waals surface area contributed by atoms with Crippen molar-refractivity contribution < 1.29 is 44.1 Å². The van der Waals surface area contributed by atoms with E-state index in [4.69, 9.17) is 30.6 Å². The number of phenolic OH excluding ortho intramolecular Hbond substituents is 1. The molecule has 0 aromatic heterocycles. The molecule has 3 aliphatic rings. The van der Waals surface area contributed by atoms with E-state index in [1.807, 2.05) is 0 Å². The number of amides is 1. The Labute approximate surface area is 308 Å². The molecule has 52 heavy (non-hydrogen) atoms. The molecular weight excluding hydrogens is 694 g/mol. The van der Waals surface area contributed by atoms with Crippen LogP contribution < -0.4 is 4.74 Å². The number of allylic oxidation sites excluding steroid dienone is 1. The largest absolute Gasteiger partial charge is 0.508 e. The molecule has 2 aromatic rings. The Morgan fingerprint density at radius 3 is 2.56 bits per heavy atom. The number of fused-ring (bicyclic) bond motifs is 2. The molecule has 3 N–H and O–H groups in total. The highest BCUT2D eigenvalue weighted by Gasteiger charge is 2.65. The first kappa shape index (κ1) is 39.0. The first-order chi connectivity index (χ1) is 25.2. The fourth-order valence-electron chi connectivity index (χ4n) is 7.99. The van der Waals surface area contributed by atoms with Crippen molar-refractivity contribution in [3.05, 3.63) is 88.0 Å². The molecule has 0 spiro atoms. The zero-order chi connectivity index (χ0) is 37.3. The van der Waals surface area contributed by atoms with E-state index in [-0.39, 0.29) is 74.5 Å². The number of halogens is 1. The van der Waals surface area contributed by atoms with Gasteiger partial charge in [-0.1, -0.05) is 30.1 Å². The van der Waals surface area contributed by atoms with Crippen LogP contribution in [-0.4, -0.2) is 88.1 Å². The van der Waals surface area contributed by atoms with Gasteiger partial charge in [-0.3, -0.25) is 10.1 Å². The van der Waals surface area contributed by atoms with Crippen LogP contribution in [0.5, 0.6) is 11.5 Å². The van der Waals surface area contributed by atoms with Gasteiger partial charge in [-0.05, 0) is 79.0 Å². The van der Waals surface area contributed by atoms with Crippen LogP contribution in [0.2, 0.25) is 0 Å². The third kappa shape index (κ3) is 8.38. The Bertz CT molecular complexity index is 1620. The second-order valence-corrected chi connectivity index (χ2v) is 13.8. The van der Waals surface area contributed by atoms with Gasteiger partial charge in [-0.25, -0.2) is 4.79 Å². The molecule has 2 aromatic carbocycles. The number of likely N-dealkylation sites (N-methyl/N-ethyl adjacent to an activating group) is 1. The highest BCUT2D eigenvalue weighted by Crippen LogP contribution is 2.61. The molecule has 5 rings (SSSR count). The average molecular weight is 742 g/mol. The second-order valence-electron chi connectivity index (χ2n) is 13.4. The summed E-state index contributed by atoms with van der Waals surface area (Å²) in [4.78, 5) is 31.7. The zero-order valence-corrected chi connectivity index (χ0v) is 30.2. The summed E-state index contributed by atoms with van der Waals surface area (Å²) in [6.45, 7) is 4.17. The van der Waals surface area contributed by atoms with Gasteiger partial charge < -0.3 is 39.3 Å². The molecule has 0 unspecified atom stereocenters. The lowest BCUT2D eigenvalue weighted by Gasteiger charge is -2.59. The molecule has 0 bridgehead atoms. The molecule has 282 valence electrons. The van der Waals surface area contributed by atoms with Crippen LogP contribution in [0.15, 0.2) is 71.9 Å². The third-order valence-electron chi connectivity index (χ3n) is 10.3. The molecule has 1 amide bonds. The number of carbonyl (C=O) groups excluding carboxylic acids is 1. The minimum Gasteiger partial charge on any atom is -0.508 e. The maximum absolute atomic E-state index is 13.6. The van der Waals surface area contributed by atoms with Crippen molar-refractivity contribution in [2.24, 2.45) is 22.9 Å². The molecule has 14 heteroatoms. The monoisotopic (exact) mass is 741 g/mol. The summed E-state index contributed by atoms with van der Waals surface area (Å²) in [6, 6.07) is 10.3. The number of benzene rings is 2. The molecule has 0 radical (unpaired) electrons. The number of rotatable bonds is 18. The van der Waals surface area contributed by atoms with Crippen LogP contribution in [0.3, 0.4) is 0 Å². The lowest BCUT2D eigenvalue weighted by Crippen LogP contribution is -2.69. The van der Waals surface area contributed by atoms with Gasteiger partial charge in [-0.2, -0.15) is 0 Å². The van der Waals surface area contributed by atoms with Gasteiger partial charge in [0.2, 0.25) is 5.79 Å². The summed E-state index contributed by atoms with van der Waals surface area (Å²) in [7, 11) is 1.62. The standard InChI is InChI=1S/C38H48ClN3O10/c1-3-19-50-38-34(41(2)37(46)49-20-16-39)23-32(40-51-24-25-10-12-27(13-11-25)42(47)48)30-21-26(8-4-6-17-43)29(9-5-7-18-44)35(36(30)38)31-22-28(45)14-15-33(31)52-38/h3,10-15,21-22,26,29,34-36,43-45H,1,4-9,16-20,23-24H2,2H3/t26-,29+,34-,35+,36+,38+/m0/s1. The Morgan fingerprint density at radius 1 is 1.15 bits per heavy atom. The average Bonchev–Trinajstić information content (AvgIpc) is 3.14. The SMILES string of the molecule is C=CCO[C@@]12Oc3ccc(O)cc3[C@H]3[C@H](CCCCO)[C@@H](CCCCO)C=C(C(=NOCc4ccc([N+](=O)[O-])cc4)C[C@@H]1N(C)C(=O)OCCCl)[C@H]32. The van der Waals surface area contributed by atoms with E-state index in [0.717, 1.165) is 36.8 Å². The predicted octanol–water partition coefficient (Wildman–Crippen LogP) is 6.44. The zero-order valence-electron chi connectivity index (χ0n) is 29.4. The van der Waals surface area contributed by atoms with Gasteiger partial charge in [0.15, 0.2) is 0 Å². The van der Waals surface area contributed by atoms with Gasteiger partial charge in [0.25, 0.3) is 5.69 Å². The van der Waals surface area contributed by atoms with Gasteiger partial charge in [0, 0.05) is 50.3 Å². The van der Waals surface area contributed by atoms with Gasteiger partial charge in [0.05, 0.1) is 29.0 Å². The fraction of sp³-hybridized carbons (Fsp3) is 0.526. The quantitative estimate of drug-likeness (QED) is 0.0507. The smallest absolute Gasteiger partial charge is 0.410 e. The summed E-state index contributed by atoms with van der Waals surface area (Å²) in [6.07, 6.45) is 7.69. The molecule has 1 saturated carbocycles. The minimum absolute atomic E-state index is 0.000115. The predicted molar refractivity (Wildman–Crippen MR) is 194 cm³/mol. The number of aliphatic hydroxyl groups is 2. The number of carbonyl (C=O) groups is 1. The summed E-state index contributed by atoms with van der Waals surface area (Å²) in [5, 5.41) is 46.1. The lowest BCUT2D eigenvalue weighted by atomic mass is 9.55. The molecule has 1 heterocycles. The number of hydrogen-bond donors (Lipinski definition) is 3. The minimum atomic E-state index is -1.45. The number of aromatic hydroxyl groups is 1. The number of non-ortho nitro benzene ring substituents is 1. The number of nitrogens with zero attached hydrogens (tertiary/aromatic N) is 3. The highest BCUT2D eigenvalue weighted by molar-refractivity contribution is 6.18. The third-order valence-corrected chi connectivity index (χ3v) is 10.4. The van der Waals surface area contributed by atoms with Crippen LogP contribution in [0.1, 0.15) is 62.0 Å². The van der Waals surface area contributed by atoms with Crippen molar-refractivity contribution in [2.45, 2.75) is 69.3 Å². The molecule has 13 nitrogen and oxygen atoms in total. The second kappa shape index (κ2) is 18.0.